The van der Waals surface area contributed by atoms with E-state index in [0.717, 1.165) is 19.3 Å². The van der Waals surface area contributed by atoms with Crippen molar-refractivity contribution in [2.24, 2.45) is 11.3 Å². The first-order valence-corrected chi connectivity index (χ1v) is 8.95. The third-order valence-corrected chi connectivity index (χ3v) is 6.34. The van der Waals surface area contributed by atoms with E-state index in [4.69, 9.17) is 0 Å². The van der Waals surface area contributed by atoms with Gasteiger partial charge in [-0.25, -0.2) is 8.42 Å². The third-order valence-electron chi connectivity index (χ3n) is 4.39. The van der Waals surface area contributed by atoms with Crippen molar-refractivity contribution in [3.63, 3.8) is 0 Å². The first-order valence-electron chi connectivity index (χ1n) is 7.51. The highest BCUT2D eigenvalue weighted by molar-refractivity contribution is 7.89. The molecule has 1 aliphatic heterocycles. The van der Waals surface area contributed by atoms with Gasteiger partial charge in [0.2, 0.25) is 10.0 Å². The van der Waals surface area contributed by atoms with Gasteiger partial charge in [0.15, 0.2) is 0 Å². The van der Waals surface area contributed by atoms with Crippen molar-refractivity contribution in [2.45, 2.75) is 44.9 Å². The lowest BCUT2D eigenvalue weighted by Gasteiger charge is -2.29. The fraction of sp³-hybridized carbons (Fsp3) is 0.625. The summed E-state index contributed by atoms with van der Waals surface area (Å²) in [6.07, 6.45) is 2.79. The minimum Gasteiger partial charge on any atom is -0.507 e. The molecule has 1 aliphatic rings. The molecule has 0 spiro atoms. The molecule has 1 heterocycles. The lowest BCUT2D eigenvalue weighted by atomic mass is 9.77. The molecule has 21 heavy (non-hydrogen) atoms. The summed E-state index contributed by atoms with van der Waals surface area (Å²) in [6.45, 7) is 7.70. The van der Waals surface area contributed by atoms with Gasteiger partial charge in [-0.1, -0.05) is 32.9 Å². The monoisotopic (exact) mass is 311 g/mol. The van der Waals surface area contributed by atoms with Crippen LogP contribution in [0.1, 0.15) is 40.0 Å². The van der Waals surface area contributed by atoms with Crippen molar-refractivity contribution in [3.8, 4) is 5.75 Å². The van der Waals surface area contributed by atoms with E-state index in [1.807, 2.05) is 0 Å². The van der Waals surface area contributed by atoms with E-state index in [0.29, 0.717) is 19.0 Å². The number of hydrogen-bond donors (Lipinski definition) is 1. The first-order chi connectivity index (χ1) is 9.73. The summed E-state index contributed by atoms with van der Waals surface area (Å²) in [5.41, 5.74) is 0.203. The Kier molecular flexibility index (Phi) is 4.63. The Morgan fingerprint density at radius 1 is 1.14 bits per heavy atom. The number of nitrogens with zero attached hydrogens (tertiary/aromatic N) is 1. The molecule has 0 aliphatic carbocycles. The smallest absolute Gasteiger partial charge is 0.246 e. The number of sulfonamides is 1. The molecule has 5 heteroatoms. The molecule has 1 unspecified atom stereocenters. The van der Waals surface area contributed by atoms with Crippen LogP contribution in [-0.2, 0) is 10.0 Å². The van der Waals surface area contributed by atoms with Gasteiger partial charge in [0, 0.05) is 13.1 Å². The average Bonchev–Trinajstić information content (AvgIpc) is 2.64. The molecule has 0 bridgehead atoms. The van der Waals surface area contributed by atoms with E-state index in [1.54, 1.807) is 12.1 Å². The van der Waals surface area contributed by atoms with Gasteiger partial charge >= 0.3 is 0 Å². The highest BCUT2D eigenvalue weighted by atomic mass is 32.2. The molecule has 1 atom stereocenters. The maximum Gasteiger partial charge on any atom is 0.246 e. The van der Waals surface area contributed by atoms with Crippen LogP contribution < -0.4 is 0 Å². The van der Waals surface area contributed by atoms with Gasteiger partial charge in [-0.05, 0) is 42.7 Å². The van der Waals surface area contributed by atoms with Crippen molar-refractivity contribution in [2.75, 3.05) is 13.1 Å². The number of rotatable bonds is 2. The molecule has 0 aromatic heterocycles. The van der Waals surface area contributed by atoms with Gasteiger partial charge in [-0.3, -0.25) is 0 Å². The Morgan fingerprint density at radius 2 is 1.81 bits per heavy atom. The van der Waals surface area contributed by atoms with Gasteiger partial charge in [0.1, 0.15) is 10.6 Å². The van der Waals surface area contributed by atoms with E-state index in [2.05, 4.69) is 20.8 Å². The molecular formula is C16H25NO3S. The number of benzene rings is 1. The highest BCUT2D eigenvalue weighted by Gasteiger charge is 2.32. The molecule has 0 radical (unpaired) electrons. The quantitative estimate of drug-likeness (QED) is 0.912. The first kappa shape index (κ1) is 16.3. The van der Waals surface area contributed by atoms with E-state index < -0.39 is 10.0 Å². The predicted octanol–water partition coefficient (Wildman–Crippen LogP) is 3.23. The zero-order chi connectivity index (χ0) is 15.7. The van der Waals surface area contributed by atoms with Crippen LogP contribution in [0, 0.1) is 11.3 Å². The third kappa shape index (κ3) is 3.58. The summed E-state index contributed by atoms with van der Waals surface area (Å²) >= 11 is 0. The van der Waals surface area contributed by atoms with Gasteiger partial charge < -0.3 is 5.11 Å². The molecule has 2 rings (SSSR count). The fourth-order valence-electron chi connectivity index (χ4n) is 2.99. The SMILES string of the molecule is CC(C)(C)C1CCCN(S(=O)(=O)c2ccccc2O)CC1. The molecule has 1 N–H and O–H groups in total. The number of para-hydroxylation sites is 1. The molecule has 1 saturated heterocycles. The largest absolute Gasteiger partial charge is 0.507 e. The van der Waals surface area contributed by atoms with Crippen LogP contribution in [-0.4, -0.2) is 30.9 Å². The molecule has 118 valence electrons. The van der Waals surface area contributed by atoms with Crippen molar-refractivity contribution in [3.05, 3.63) is 24.3 Å². The summed E-state index contributed by atoms with van der Waals surface area (Å²) in [7, 11) is -3.60. The summed E-state index contributed by atoms with van der Waals surface area (Å²) in [4.78, 5) is 0.0132. The normalized spacial score (nSPS) is 22.0. The van der Waals surface area contributed by atoms with Gasteiger partial charge in [-0.2, -0.15) is 4.31 Å². The zero-order valence-electron chi connectivity index (χ0n) is 13.0. The molecule has 4 nitrogen and oxygen atoms in total. The van der Waals surface area contributed by atoms with Crippen molar-refractivity contribution < 1.29 is 13.5 Å². The minimum atomic E-state index is -3.60. The van der Waals surface area contributed by atoms with Crippen molar-refractivity contribution >= 4 is 10.0 Å². The second-order valence-corrected chi connectivity index (χ2v) is 8.77. The summed E-state index contributed by atoms with van der Waals surface area (Å²) in [6, 6.07) is 6.16. The van der Waals surface area contributed by atoms with Crippen LogP contribution in [0.25, 0.3) is 0 Å². The lowest BCUT2D eigenvalue weighted by molar-refractivity contribution is 0.217. The zero-order valence-corrected chi connectivity index (χ0v) is 13.9. The van der Waals surface area contributed by atoms with Crippen LogP contribution in [0.15, 0.2) is 29.2 Å². The Balaban J connectivity index is 2.21. The highest BCUT2D eigenvalue weighted by Crippen LogP contribution is 2.36. The lowest BCUT2D eigenvalue weighted by Crippen LogP contribution is -2.32. The Bertz CT molecular complexity index is 590. The molecule has 1 fully saturated rings. The predicted molar refractivity (Wildman–Crippen MR) is 83.7 cm³/mol. The van der Waals surface area contributed by atoms with Crippen LogP contribution in [0.2, 0.25) is 0 Å². The fourth-order valence-corrected chi connectivity index (χ4v) is 4.57. The van der Waals surface area contributed by atoms with E-state index in [9.17, 15) is 13.5 Å². The number of aromatic hydroxyl groups is 1. The second kappa shape index (κ2) is 5.97. The maximum atomic E-state index is 12.7. The summed E-state index contributed by atoms with van der Waals surface area (Å²) in [5.74, 6) is 0.358. The number of phenols is 1. The number of hydrogen-bond acceptors (Lipinski definition) is 3. The number of phenolic OH excluding ortho intramolecular Hbond substituents is 1. The van der Waals surface area contributed by atoms with E-state index in [-0.39, 0.29) is 16.1 Å². The molecule has 1 aromatic carbocycles. The van der Waals surface area contributed by atoms with Gasteiger partial charge in [0.25, 0.3) is 0 Å². The molecule has 0 amide bonds. The van der Waals surface area contributed by atoms with Crippen LogP contribution >= 0.6 is 0 Å². The Labute approximate surface area is 127 Å². The Morgan fingerprint density at radius 3 is 2.43 bits per heavy atom. The van der Waals surface area contributed by atoms with Gasteiger partial charge in [-0.15, -0.1) is 0 Å². The van der Waals surface area contributed by atoms with E-state index >= 15 is 0 Å². The van der Waals surface area contributed by atoms with Crippen LogP contribution in [0.5, 0.6) is 5.75 Å². The minimum absolute atomic E-state index is 0.0132. The Hall–Kier alpha value is -1.07. The maximum absolute atomic E-state index is 12.7. The van der Waals surface area contributed by atoms with Crippen LogP contribution in [0.3, 0.4) is 0 Å². The standard InChI is InChI=1S/C16H25NO3S/c1-16(2,3)13-7-6-11-17(12-10-13)21(19,20)15-9-5-4-8-14(15)18/h4-5,8-9,13,18H,6-7,10-12H2,1-3H3. The molecular weight excluding hydrogens is 286 g/mol. The average molecular weight is 311 g/mol. The topological polar surface area (TPSA) is 57.6 Å². The summed E-state index contributed by atoms with van der Waals surface area (Å²) < 4.78 is 26.9. The van der Waals surface area contributed by atoms with E-state index in [1.165, 1.54) is 16.4 Å². The van der Waals surface area contributed by atoms with Crippen LogP contribution in [0.4, 0.5) is 0 Å². The van der Waals surface area contributed by atoms with Crippen molar-refractivity contribution in [1.29, 1.82) is 0 Å². The summed E-state index contributed by atoms with van der Waals surface area (Å²) in [5, 5.41) is 9.82. The molecule has 1 aromatic rings. The van der Waals surface area contributed by atoms with Gasteiger partial charge in [0.05, 0.1) is 0 Å². The second-order valence-electron chi connectivity index (χ2n) is 6.87. The van der Waals surface area contributed by atoms with Crippen molar-refractivity contribution in [1.82, 2.24) is 4.31 Å². The molecule has 0 saturated carbocycles.